The second-order valence-electron chi connectivity index (χ2n) is 7.88. The minimum Gasteiger partial charge on any atom is -0.497 e. The molecular weight excluding hydrogens is 355 g/mol. The number of ether oxygens (including phenoxy) is 1. The van der Waals surface area contributed by atoms with Crippen LogP contribution in [0.4, 0.5) is 4.39 Å². The zero-order chi connectivity index (χ0) is 19.5. The highest BCUT2D eigenvalue weighted by atomic mass is 19.1. The number of nitrogens with zero attached hydrogens (tertiary/aromatic N) is 1. The lowest BCUT2D eigenvalue weighted by atomic mass is 9.81. The Labute approximate surface area is 165 Å². The number of amides is 1. The van der Waals surface area contributed by atoms with Gasteiger partial charge in [-0.15, -0.1) is 0 Å². The minimum absolute atomic E-state index is 0.106. The number of benzene rings is 2. The summed E-state index contributed by atoms with van der Waals surface area (Å²) in [5.74, 6) is 0.112. The summed E-state index contributed by atoms with van der Waals surface area (Å²) in [5, 5.41) is 3.08. The van der Waals surface area contributed by atoms with Crippen molar-refractivity contribution in [2.45, 2.75) is 56.8 Å². The molecule has 2 fully saturated rings. The molecule has 2 aromatic rings. The van der Waals surface area contributed by atoms with Crippen molar-refractivity contribution >= 4 is 5.91 Å². The van der Waals surface area contributed by atoms with Gasteiger partial charge in [0, 0.05) is 24.7 Å². The maximum atomic E-state index is 13.9. The number of hydrogen-bond acceptors (Lipinski definition) is 3. The molecule has 0 aromatic heterocycles. The molecule has 2 aromatic carbocycles. The fourth-order valence-corrected chi connectivity index (χ4v) is 4.70. The average molecular weight is 382 g/mol. The van der Waals surface area contributed by atoms with Gasteiger partial charge in [-0.25, -0.2) is 4.39 Å². The molecule has 2 aliphatic rings. The normalized spacial score (nSPS) is 24.6. The number of nitrogens with one attached hydrogen (secondary N) is 1. The van der Waals surface area contributed by atoms with Gasteiger partial charge in [-0.05, 0) is 55.5 Å². The highest BCUT2D eigenvalue weighted by Gasteiger charge is 2.38. The Morgan fingerprint density at radius 1 is 1.11 bits per heavy atom. The molecule has 4 nitrogen and oxygen atoms in total. The van der Waals surface area contributed by atoms with Crippen LogP contribution in [0.15, 0.2) is 48.5 Å². The molecular formula is C23H27FN2O2. The van der Waals surface area contributed by atoms with Gasteiger partial charge in [-0.1, -0.05) is 30.7 Å². The van der Waals surface area contributed by atoms with E-state index < -0.39 is 5.82 Å². The number of carbonyl (C=O) groups excluding carboxylic acids is 1. The number of methoxy groups -OCH3 is 1. The van der Waals surface area contributed by atoms with Gasteiger partial charge in [0.2, 0.25) is 0 Å². The summed E-state index contributed by atoms with van der Waals surface area (Å²) in [7, 11) is 1.68. The smallest absolute Gasteiger partial charge is 0.254 e. The van der Waals surface area contributed by atoms with Gasteiger partial charge >= 0.3 is 0 Å². The van der Waals surface area contributed by atoms with E-state index >= 15 is 0 Å². The summed E-state index contributed by atoms with van der Waals surface area (Å²) in [6.45, 7) is 0.924. The number of carbonyl (C=O) groups is 1. The fraction of sp³-hybridized carbons (Fsp3) is 0.435. The SMILES string of the molecule is COc1ccc(CN2C3CCCC2CC(NC(=O)c2ccccc2F)C3)cc1. The Morgan fingerprint density at radius 2 is 1.79 bits per heavy atom. The van der Waals surface area contributed by atoms with Gasteiger partial charge in [0.25, 0.3) is 5.91 Å². The Hall–Kier alpha value is -2.40. The standard InChI is InChI=1S/C23H27FN2O2/c1-28-20-11-9-16(10-12-20)15-26-18-5-4-6-19(26)14-17(13-18)25-23(27)21-7-2-3-8-22(21)24/h2-3,7-12,17-19H,4-6,13-15H2,1H3,(H,25,27). The topological polar surface area (TPSA) is 41.6 Å². The molecule has 2 heterocycles. The number of hydrogen-bond donors (Lipinski definition) is 1. The Bertz CT molecular complexity index is 810. The predicted molar refractivity (Wildman–Crippen MR) is 107 cm³/mol. The van der Waals surface area contributed by atoms with Crippen molar-refractivity contribution in [1.29, 1.82) is 0 Å². The summed E-state index contributed by atoms with van der Waals surface area (Å²) in [6.07, 6.45) is 5.39. The van der Waals surface area contributed by atoms with Crippen LogP contribution in [0.25, 0.3) is 0 Å². The number of halogens is 1. The van der Waals surface area contributed by atoms with E-state index in [9.17, 15) is 9.18 Å². The first kappa shape index (κ1) is 18.9. The van der Waals surface area contributed by atoms with E-state index in [0.717, 1.165) is 38.0 Å². The Morgan fingerprint density at radius 3 is 2.43 bits per heavy atom. The summed E-state index contributed by atoms with van der Waals surface area (Å²) >= 11 is 0. The second-order valence-corrected chi connectivity index (χ2v) is 7.88. The van der Waals surface area contributed by atoms with Crippen LogP contribution < -0.4 is 10.1 Å². The van der Waals surface area contributed by atoms with Crippen molar-refractivity contribution in [2.75, 3.05) is 7.11 Å². The van der Waals surface area contributed by atoms with E-state index in [4.69, 9.17) is 4.74 Å². The van der Waals surface area contributed by atoms with Crippen LogP contribution >= 0.6 is 0 Å². The second kappa shape index (κ2) is 8.31. The van der Waals surface area contributed by atoms with Crippen LogP contribution in [-0.4, -0.2) is 36.0 Å². The van der Waals surface area contributed by atoms with Crippen molar-refractivity contribution in [3.8, 4) is 5.75 Å². The van der Waals surface area contributed by atoms with Crippen molar-refractivity contribution < 1.29 is 13.9 Å². The predicted octanol–water partition coefficient (Wildman–Crippen LogP) is 4.15. The molecule has 2 atom stereocenters. The van der Waals surface area contributed by atoms with Gasteiger partial charge in [-0.3, -0.25) is 9.69 Å². The molecule has 1 amide bonds. The third kappa shape index (κ3) is 4.04. The quantitative estimate of drug-likeness (QED) is 0.845. The highest BCUT2D eigenvalue weighted by molar-refractivity contribution is 5.94. The lowest BCUT2D eigenvalue weighted by molar-refractivity contribution is 0.0176. The molecule has 148 valence electrons. The molecule has 2 saturated heterocycles. The van der Waals surface area contributed by atoms with Crippen LogP contribution in [0.2, 0.25) is 0 Å². The molecule has 2 aliphatic heterocycles. The Balaban J connectivity index is 1.41. The molecule has 5 heteroatoms. The zero-order valence-corrected chi connectivity index (χ0v) is 16.2. The van der Waals surface area contributed by atoms with Gasteiger partial charge < -0.3 is 10.1 Å². The van der Waals surface area contributed by atoms with E-state index in [1.54, 1.807) is 25.3 Å². The Kier molecular flexibility index (Phi) is 5.62. The maximum Gasteiger partial charge on any atom is 0.254 e. The van der Waals surface area contributed by atoms with E-state index in [0.29, 0.717) is 12.1 Å². The summed E-state index contributed by atoms with van der Waals surface area (Å²) in [4.78, 5) is 15.1. The van der Waals surface area contributed by atoms with E-state index in [1.807, 2.05) is 12.1 Å². The van der Waals surface area contributed by atoms with E-state index in [2.05, 4.69) is 22.3 Å². The average Bonchev–Trinajstić information content (AvgIpc) is 2.69. The molecule has 0 spiro atoms. The zero-order valence-electron chi connectivity index (χ0n) is 16.2. The minimum atomic E-state index is -0.461. The summed E-state index contributed by atoms with van der Waals surface area (Å²) < 4.78 is 19.2. The summed E-state index contributed by atoms with van der Waals surface area (Å²) in [6, 6.07) is 15.5. The molecule has 2 unspecified atom stereocenters. The van der Waals surface area contributed by atoms with Crippen molar-refractivity contribution in [2.24, 2.45) is 0 Å². The van der Waals surface area contributed by atoms with Crippen LogP contribution in [0.5, 0.6) is 5.75 Å². The van der Waals surface area contributed by atoms with E-state index in [1.165, 1.54) is 18.1 Å². The van der Waals surface area contributed by atoms with Gasteiger partial charge in [0.1, 0.15) is 11.6 Å². The number of piperidine rings is 2. The van der Waals surface area contributed by atoms with Crippen LogP contribution in [0, 0.1) is 5.82 Å². The van der Waals surface area contributed by atoms with Crippen LogP contribution in [-0.2, 0) is 6.54 Å². The first-order chi connectivity index (χ1) is 13.6. The lowest BCUT2D eigenvalue weighted by Gasteiger charge is -2.49. The lowest BCUT2D eigenvalue weighted by Crippen LogP contribution is -2.56. The monoisotopic (exact) mass is 382 g/mol. The molecule has 1 N–H and O–H groups in total. The number of fused-ring (bicyclic) bond motifs is 2. The third-order valence-corrected chi connectivity index (χ3v) is 6.10. The molecule has 28 heavy (non-hydrogen) atoms. The molecule has 0 saturated carbocycles. The van der Waals surface area contributed by atoms with Crippen molar-refractivity contribution in [3.05, 3.63) is 65.5 Å². The first-order valence-corrected chi connectivity index (χ1v) is 10.1. The molecule has 0 aliphatic carbocycles. The van der Waals surface area contributed by atoms with Crippen LogP contribution in [0.1, 0.15) is 48.0 Å². The van der Waals surface area contributed by atoms with Crippen molar-refractivity contribution in [1.82, 2.24) is 10.2 Å². The molecule has 4 rings (SSSR count). The maximum absolute atomic E-state index is 13.9. The highest BCUT2D eigenvalue weighted by Crippen LogP contribution is 2.35. The van der Waals surface area contributed by atoms with Crippen molar-refractivity contribution in [3.63, 3.8) is 0 Å². The van der Waals surface area contributed by atoms with Gasteiger partial charge in [-0.2, -0.15) is 0 Å². The van der Waals surface area contributed by atoms with E-state index in [-0.39, 0.29) is 17.5 Å². The molecule has 0 radical (unpaired) electrons. The third-order valence-electron chi connectivity index (χ3n) is 6.10. The largest absolute Gasteiger partial charge is 0.497 e. The fourth-order valence-electron chi connectivity index (χ4n) is 4.70. The van der Waals surface area contributed by atoms with Crippen LogP contribution in [0.3, 0.4) is 0 Å². The van der Waals surface area contributed by atoms with Gasteiger partial charge in [0.15, 0.2) is 0 Å². The van der Waals surface area contributed by atoms with Gasteiger partial charge in [0.05, 0.1) is 12.7 Å². The number of rotatable bonds is 5. The molecule has 2 bridgehead atoms. The first-order valence-electron chi connectivity index (χ1n) is 10.1. The summed E-state index contributed by atoms with van der Waals surface area (Å²) in [5.41, 5.74) is 1.42.